The number of hydrogen-bond donors (Lipinski definition) is 8. The van der Waals surface area contributed by atoms with E-state index >= 15 is 0 Å². The Kier molecular flexibility index (Phi) is 8.74. The van der Waals surface area contributed by atoms with E-state index in [-0.39, 0.29) is 24.1 Å². The number of rotatable bonds is 9. The van der Waals surface area contributed by atoms with E-state index in [1.54, 1.807) is 24.3 Å². The standard InChI is InChI=1S/C19H29NO12/c21-7-11-13(22)16(25)18(31-11)29-8-12-14(23)15(24)17(26)19(32-12)30-10-3-1-9(2-4-10)5-6-20(27)28/h1-4,11-19,21-28H,5-8H2/t11-,12+,13+,14+,15-,16+,17+,18-,19+/m1/s1. The highest BCUT2D eigenvalue weighted by Gasteiger charge is 2.47. The van der Waals surface area contributed by atoms with Gasteiger partial charge >= 0.3 is 0 Å². The normalized spacial score (nSPS) is 37.7. The molecule has 0 amide bonds. The van der Waals surface area contributed by atoms with Crippen LogP contribution in [0.25, 0.3) is 0 Å². The molecule has 182 valence electrons. The van der Waals surface area contributed by atoms with Crippen LogP contribution in [-0.2, 0) is 20.6 Å². The van der Waals surface area contributed by atoms with Crippen LogP contribution in [0.1, 0.15) is 5.56 Å². The largest absolute Gasteiger partial charge is 0.462 e. The molecule has 2 aliphatic heterocycles. The van der Waals surface area contributed by atoms with Gasteiger partial charge in [0, 0.05) is 0 Å². The molecule has 32 heavy (non-hydrogen) atoms. The van der Waals surface area contributed by atoms with E-state index in [4.69, 9.17) is 34.5 Å². The number of hydroxylamine groups is 2. The van der Waals surface area contributed by atoms with Crippen molar-refractivity contribution < 1.29 is 60.0 Å². The highest BCUT2D eigenvalue weighted by molar-refractivity contribution is 5.27. The van der Waals surface area contributed by atoms with Gasteiger partial charge in [-0.15, -0.1) is 0 Å². The first kappa shape index (κ1) is 25.2. The molecule has 0 bridgehead atoms. The van der Waals surface area contributed by atoms with Crippen molar-refractivity contribution in [2.24, 2.45) is 0 Å². The number of aliphatic hydroxyl groups excluding tert-OH is 6. The molecule has 13 heteroatoms. The van der Waals surface area contributed by atoms with Gasteiger partial charge in [-0.2, -0.15) is 0 Å². The van der Waals surface area contributed by atoms with Crippen LogP contribution in [0.3, 0.4) is 0 Å². The SMILES string of the molecule is OC[C@H]1O[C@@H](OC[C@@H]2O[C@H](Oc3ccc(CCN(O)O)cc3)[C@@H](O)[C@H](O)[C@H]2O)[C@@H](O)[C@H]1O. The first-order valence-corrected chi connectivity index (χ1v) is 10.1. The summed E-state index contributed by atoms with van der Waals surface area (Å²) in [6.45, 7) is -0.903. The topological polar surface area (TPSA) is 202 Å². The molecule has 1 aromatic rings. The summed E-state index contributed by atoms with van der Waals surface area (Å²) in [4.78, 5) is 0. The van der Waals surface area contributed by atoms with Gasteiger partial charge in [-0.1, -0.05) is 17.4 Å². The molecule has 3 rings (SSSR count). The molecule has 9 atom stereocenters. The van der Waals surface area contributed by atoms with Gasteiger partial charge in [0.05, 0.1) is 19.8 Å². The van der Waals surface area contributed by atoms with Crippen LogP contribution in [0.4, 0.5) is 0 Å². The fourth-order valence-electron chi connectivity index (χ4n) is 3.44. The molecule has 0 aromatic heterocycles. The Hall–Kier alpha value is -1.46. The highest BCUT2D eigenvalue weighted by atomic mass is 16.8. The predicted octanol–water partition coefficient (Wildman–Crippen LogP) is -3.05. The maximum atomic E-state index is 10.2. The van der Waals surface area contributed by atoms with Gasteiger partial charge in [-0.25, -0.2) is 0 Å². The minimum atomic E-state index is -1.62. The third-order valence-corrected chi connectivity index (χ3v) is 5.37. The quantitative estimate of drug-likeness (QED) is 0.172. The van der Waals surface area contributed by atoms with E-state index in [0.29, 0.717) is 6.42 Å². The third-order valence-electron chi connectivity index (χ3n) is 5.37. The molecule has 2 aliphatic rings. The van der Waals surface area contributed by atoms with E-state index in [9.17, 15) is 25.5 Å². The Bertz CT molecular complexity index is 706. The molecular weight excluding hydrogens is 434 g/mol. The molecule has 1 aromatic carbocycles. The molecule has 2 saturated heterocycles. The Morgan fingerprint density at radius 3 is 1.97 bits per heavy atom. The highest BCUT2D eigenvalue weighted by Crippen LogP contribution is 2.27. The smallest absolute Gasteiger partial charge is 0.229 e. The van der Waals surface area contributed by atoms with Crippen LogP contribution in [0, 0.1) is 0 Å². The van der Waals surface area contributed by atoms with Crippen molar-refractivity contribution in [2.75, 3.05) is 19.8 Å². The van der Waals surface area contributed by atoms with Crippen LogP contribution < -0.4 is 4.74 Å². The summed E-state index contributed by atoms with van der Waals surface area (Å²) in [5.74, 6) is 0.286. The summed E-state index contributed by atoms with van der Waals surface area (Å²) < 4.78 is 21.7. The molecule has 13 nitrogen and oxygen atoms in total. The van der Waals surface area contributed by atoms with Crippen LogP contribution >= 0.6 is 0 Å². The molecular formula is C19H29NO12. The zero-order valence-electron chi connectivity index (χ0n) is 17.0. The number of ether oxygens (including phenoxy) is 4. The number of nitrogens with zero attached hydrogens (tertiary/aromatic N) is 1. The lowest BCUT2D eigenvalue weighted by Gasteiger charge is -2.40. The van der Waals surface area contributed by atoms with Crippen molar-refractivity contribution in [2.45, 2.75) is 61.7 Å². The monoisotopic (exact) mass is 463 g/mol. The van der Waals surface area contributed by atoms with E-state index in [1.807, 2.05) is 0 Å². The fraction of sp³-hybridized carbons (Fsp3) is 0.684. The number of hydrogen-bond acceptors (Lipinski definition) is 13. The van der Waals surface area contributed by atoms with Crippen molar-refractivity contribution in [1.82, 2.24) is 5.23 Å². The van der Waals surface area contributed by atoms with Gasteiger partial charge in [0.15, 0.2) is 6.29 Å². The zero-order chi connectivity index (χ0) is 23.4. The summed E-state index contributed by atoms with van der Waals surface area (Å²) in [7, 11) is 0. The number of aliphatic hydroxyl groups is 6. The second kappa shape index (κ2) is 11.1. The van der Waals surface area contributed by atoms with Crippen LogP contribution in [0.2, 0.25) is 0 Å². The Morgan fingerprint density at radius 1 is 0.781 bits per heavy atom. The van der Waals surface area contributed by atoms with E-state index in [2.05, 4.69) is 0 Å². The van der Waals surface area contributed by atoms with E-state index in [1.165, 1.54) is 0 Å². The first-order valence-electron chi connectivity index (χ1n) is 10.1. The summed E-state index contributed by atoms with van der Waals surface area (Å²) in [5.41, 5.74) is 0.788. The summed E-state index contributed by atoms with van der Waals surface area (Å²) >= 11 is 0. The second-order valence-electron chi connectivity index (χ2n) is 7.66. The molecule has 0 saturated carbocycles. The minimum absolute atomic E-state index is 0.00585. The minimum Gasteiger partial charge on any atom is -0.462 e. The van der Waals surface area contributed by atoms with Crippen molar-refractivity contribution >= 4 is 0 Å². The Balaban J connectivity index is 1.58. The van der Waals surface area contributed by atoms with Gasteiger partial charge in [-0.3, -0.25) is 10.4 Å². The second-order valence-corrected chi connectivity index (χ2v) is 7.66. The lowest BCUT2D eigenvalue weighted by atomic mass is 9.99. The van der Waals surface area contributed by atoms with E-state index < -0.39 is 61.9 Å². The molecule has 8 N–H and O–H groups in total. The summed E-state index contributed by atoms with van der Waals surface area (Å²) in [6.07, 6.45) is -12.0. The van der Waals surface area contributed by atoms with Crippen LogP contribution in [0.5, 0.6) is 5.75 Å². The van der Waals surface area contributed by atoms with Gasteiger partial charge in [-0.05, 0) is 24.1 Å². The van der Waals surface area contributed by atoms with Crippen molar-refractivity contribution in [3.05, 3.63) is 29.8 Å². The van der Waals surface area contributed by atoms with Gasteiger partial charge in [0.2, 0.25) is 6.29 Å². The molecule has 0 unspecified atom stereocenters. The maximum Gasteiger partial charge on any atom is 0.229 e. The molecule has 0 spiro atoms. The molecule has 2 heterocycles. The average Bonchev–Trinajstić information content (AvgIpc) is 3.06. The third kappa shape index (κ3) is 5.91. The van der Waals surface area contributed by atoms with E-state index in [0.717, 1.165) is 5.56 Å². The number of benzene rings is 1. The maximum absolute atomic E-state index is 10.2. The van der Waals surface area contributed by atoms with Crippen LogP contribution in [0.15, 0.2) is 24.3 Å². The van der Waals surface area contributed by atoms with Gasteiger partial charge in [0.1, 0.15) is 48.5 Å². The average molecular weight is 463 g/mol. The Morgan fingerprint density at radius 2 is 1.38 bits per heavy atom. The Labute approximate surface area is 183 Å². The van der Waals surface area contributed by atoms with Crippen molar-refractivity contribution in [1.29, 1.82) is 0 Å². The molecule has 2 fully saturated rings. The summed E-state index contributed by atoms with van der Waals surface area (Å²) in [5, 5.41) is 77.0. The molecule has 0 radical (unpaired) electrons. The van der Waals surface area contributed by atoms with Gasteiger partial charge < -0.3 is 49.6 Å². The van der Waals surface area contributed by atoms with Crippen molar-refractivity contribution in [3.8, 4) is 5.75 Å². The predicted molar refractivity (Wildman–Crippen MR) is 101 cm³/mol. The first-order chi connectivity index (χ1) is 15.2. The van der Waals surface area contributed by atoms with Gasteiger partial charge in [0.25, 0.3) is 0 Å². The zero-order valence-corrected chi connectivity index (χ0v) is 17.0. The lowest BCUT2D eigenvalue weighted by Crippen LogP contribution is -2.60. The summed E-state index contributed by atoms with van der Waals surface area (Å²) in [6, 6.07) is 6.46. The van der Waals surface area contributed by atoms with Crippen molar-refractivity contribution in [3.63, 3.8) is 0 Å². The lowest BCUT2D eigenvalue weighted by molar-refractivity contribution is -0.305. The van der Waals surface area contributed by atoms with Crippen LogP contribution in [-0.4, -0.2) is 121 Å². The molecule has 0 aliphatic carbocycles. The fourth-order valence-corrected chi connectivity index (χ4v) is 3.44.